The fourth-order valence-electron chi connectivity index (χ4n) is 2.70. The molecule has 1 aliphatic rings. The summed E-state index contributed by atoms with van der Waals surface area (Å²) in [4.78, 5) is 11.3. The van der Waals surface area contributed by atoms with Gasteiger partial charge < -0.3 is 4.74 Å². The van der Waals surface area contributed by atoms with Gasteiger partial charge in [0.25, 0.3) is 0 Å². The Kier molecular flexibility index (Phi) is 5.74. The molecular formula is C13H24O2. The Hall–Kier alpha value is -0.530. The van der Waals surface area contributed by atoms with E-state index in [1.54, 1.807) is 0 Å². The van der Waals surface area contributed by atoms with Crippen molar-refractivity contribution in [2.75, 3.05) is 7.11 Å². The highest BCUT2D eigenvalue weighted by Gasteiger charge is 2.26. The summed E-state index contributed by atoms with van der Waals surface area (Å²) in [6.45, 7) is 2.21. The zero-order valence-corrected chi connectivity index (χ0v) is 10.1. The Labute approximate surface area is 93.4 Å². The quantitative estimate of drug-likeness (QED) is 0.629. The van der Waals surface area contributed by atoms with Crippen molar-refractivity contribution in [3.8, 4) is 0 Å². The van der Waals surface area contributed by atoms with Crippen molar-refractivity contribution in [2.24, 2.45) is 11.8 Å². The number of carbonyl (C=O) groups excluding carboxylic acids is 1. The van der Waals surface area contributed by atoms with Crippen molar-refractivity contribution in [3.05, 3.63) is 0 Å². The van der Waals surface area contributed by atoms with Crippen LogP contribution in [0.15, 0.2) is 0 Å². The molecule has 88 valence electrons. The number of rotatable bonds is 6. The monoisotopic (exact) mass is 212 g/mol. The van der Waals surface area contributed by atoms with Crippen LogP contribution in [0.3, 0.4) is 0 Å². The molecule has 0 spiro atoms. The summed E-state index contributed by atoms with van der Waals surface area (Å²) in [7, 11) is 1.49. The number of hydrogen-bond acceptors (Lipinski definition) is 2. The van der Waals surface area contributed by atoms with Gasteiger partial charge in [-0.2, -0.15) is 0 Å². The van der Waals surface area contributed by atoms with Crippen molar-refractivity contribution in [1.29, 1.82) is 0 Å². The molecule has 15 heavy (non-hydrogen) atoms. The fraction of sp³-hybridized carbons (Fsp3) is 0.923. The summed E-state index contributed by atoms with van der Waals surface area (Å²) in [5.41, 5.74) is 0. The first-order valence-corrected chi connectivity index (χ1v) is 6.34. The molecule has 1 rings (SSSR count). The van der Waals surface area contributed by atoms with Crippen molar-refractivity contribution in [2.45, 2.75) is 58.3 Å². The van der Waals surface area contributed by atoms with Crippen molar-refractivity contribution < 1.29 is 9.53 Å². The van der Waals surface area contributed by atoms with E-state index >= 15 is 0 Å². The molecule has 0 aromatic heterocycles. The first-order valence-electron chi connectivity index (χ1n) is 6.34. The Morgan fingerprint density at radius 3 is 2.60 bits per heavy atom. The number of hydrogen-bond donors (Lipinski definition) is 0. The van der Waals surface area contributed by atoms with Gasteiger partial charge in [-0.1, -0.05) is 45.4 Å². The molecule has 0 aliphatic heterocycles. The van der Waals surface area contributed by atoms with Crippen LogP contribution >= 0.6 is 0 Å². The number of unbranched alkanes of at least 4 members (excludes halogenated alkanes) is 1. The van der Waals surface area contributed by atoms with Gasteiger partial charge in [0.15, 0.2) is 0 Å². The average Bonchev–Trinajstić information content (AvgIpc) is 2.77. The van der Waals surface area contributed by atoms with Gasteiger partial charge in [0, 0.05) is 6.42 Å². The summed E-state index contributed by atoms with van der Waals surface area (Å²) < 4.78 is 4.78. The first kappa shape index (κ1) is 12.5. The third-order valence-corrected chi connectivity index (χ3v) is 3.65. The third kappa shape index (κ3) is 4.23. The van der Waals surface area contributed by atoms with Gasteiger partial charge in [-0.25, -0.2) is 0 Å². The molecule has 0 bridgehead atoms. The molecule has 0 amide bonds. The summed E-state index contributed by atoms with van der Waals surface area (Å²) in [6.07, 6.45) is 9.68. The standard InChI is InChI=1S/C13H24O2/c1-3-4-7-12(10-13(14)15-2)11-8-5-6-9-11/h11-12H,3-10H2,1-2H3. The summed E-state index contributed by atoms with van der Waals surface area (Å²) in [6, 6.07) is 0. The molecule has 0 saturated heterocycles. The second-order valence-corrected chi connectivity index (χ2v) is 4.73. The second-order valence-electron chi connectivity index (χ2n) is 4.73. The lowest BCUT2D eigenvalue weighted by Crippen LogP contribution is -2.17. The minimum absolute atomic E-state index is 0.0250. The molecule has 2 heteroatoms. The largest absolute Gasteiger partial charge is 0.469 e. The molecule has 1 fully saturated rings. The molecule has 0 radical (unpaired) electrons. The Bertz CT molecular complexity index is 183. The van der Waals surface area contributed by atoms with E-state index in [9.17, 15) is 4.79 Å². The smallest absolute Gasteiger partial charge is 0.305 e. The molecule has 0 heterocycles. The van der Waals surface area contributed by atoms with Crippen LogP contribution in [0, 0.1) is 11.8 Å². The SMILES string of the molecule is CCCCC(CC(=O)OC)C1CCCC1. The van der Waals surface area contributed by atoms with Crippen molar-refractivity contribution in [3.63, 3.8) is 0 Å². The van der Waals surface area contributed by atoms with Gasteiger partial charge in [-0.15, -0.1) is 0 Å². The first-order chi connectivity index (χ1) is 7.27. The van der Waals surface area contributed by atoms with Gasteiger partial charge in [-0.05, 0) is 18.3 Å². The van der Waals surface area contributed by atoms with Gasteiger partial charge in [0.2, 0.25) is 0 Å². The molecule has 0 aromatic rings. The van der Waals surface area contributed by atoms with E-state index in [4.69, 9.17) is 4.74 Å². The summed E-state index contributed by atoms with van der Waals surface area (Å²) >= 11 is 0. The van der Waals surface area contributed by atoms with Crippen LogP contribution in [0.25, 0.3) is 0 Å². The molecule has 1 aliphatic carbocycles. The Morgan fingerprint density at radius 2 is 2.07 bits per heavy atom. The van der Waals surface area contributed by atoms with Crippen LogP contribution in [0.4, 0.5) is 0 Å². The summed E-state index contributed by atoms with van der Waals surface area (Å²) in [5, 5.41) is 0. The third-order valence-electron chi connectivity index (χ3n) is 3.65. The van der Waals surface area contributed by atoms with E-state index in [0.29, 0.717) is 12.3 Å². The summed E-state index contributed by atoms with van der Waals surface area (Å²) in [5.74, 6) is 1.35. The lowest BCUT2D eigenvalue weighted by atomic mass is 9.84. The zero-order valence-electron chi connectivity index (χ0n) is 10.1. The van der Waals surface area contributed by atoms with Crippen LogP contribution in [0.5, 0.6) is 0 Å². The fourth-order valence-corrected chi connectivity index (χ4v) is 2.70. The van der Waals surface area contributed by atoms with Crippen LogP contribution in [-0.2, 0) is 9.53 Å². The molecule has 0 aromatic carbocycles. The minimum Gasteiger partial charge on any atom is -0.469 e. The van der Waals surface area contributed by atoms with Gasteiger partial charge in [0.05, 0.1) is 7.11 Å². The molecule has 1 saturated carbocycles. The van der Waals surface area contributed by atoms with Gasteiger partial charge >= 0.3 is 5.97 Å². The van der Waals surface area contributed by atoms with E-state index in [2.05, 4.69) is 6.92 Å². The molecule has 1 unspecified atom stereocenters. The van der Waals surface area contributed by atoms with E-state index in [1.165, 1.54) is 52.1 Å². The number of ether oxygens (including phenoxy) is 1. The maximum atomic E-state index is 11.3. The van der Waals surface area contributed by atoms with E-state index < -0.39 is 0 Å². The van der Waals surface area contributed by atoms with Gasteiger partial charge in [0.1, 0.15) is 0 Å². The zero-order chi connectivity index (χ0) is 11.1. The maximum absolute atomic E-state index is 11.3. The predicted octanol–water partition coefficient (Wildman–Crippen LogP) is 3.55. The number of methoxy groups -OCH3 is 1. The van der Waals surface area contributed by atoms with Crippen LogP contribution in [-0.4, -0.2) is 13.1 Å². The molecule has 1 atom stereocenters. The predicted molar refractivity (Wildman–Crippen MR) is 61.6 cm³/mol. The van der Waals surface area contributed by atoms with E-state index in [0.717, 1.165) is 5.92 Å². The number of esters is 1. The van der Waals surface area contributed by atoms with Crippen LogP contribution in [0.1, 0.15) is 58.3 Å². The van der Waals surface area contributed by atoms with Crippen LogP contribution in [0.2, 0.25) is 0 Å². The molecule has 2 nitrogen and oxygen atoms in total. The molecule has 0 N–H and O–H groups in total. The Morgan fingerprint density at radius 1 is 1.40 bits per heavy atom. The van der Waals surface area contributed by atoms with E-state index in [-0.39, 0.29) is 5.97 Å². The molecular weight excluding hydrogens is 188 g/mol. The van der Waals surface area contributed by atoms with Crippen molar-refractivity contribution >= 4 is 5.97 Å². The van der Waals surface area contributed by atoms with Gasteiger partial charge in [-0.3, -0.25) is 4.79 Å². The highest BCUT2D eigenvalue weighted by atomic mass is 16.5. The number of carbonyl (C=O) groups is 1. The topological polar surface area (TPSA) is 26.3 Å². The highest BCUT2D eigenvalue weighted by molar-refractivity contribution is 5.69. The average molecular weight is 212 g/mol. The Balaban J connectivity index is 2.40. The van der Waals surface area contributed by atoms with Crippen LogP contribution < -0.4 is 0 Å². The highest BCUT2D eigenvalue weighted by Crippen LogP contribution is 2.35. The van der Waals surface area contributed by atoms with E-state index in [1.807, 2.05) is 0 Å². The van der Waals surface area contributed by atoms with Crippen molar-refractivity contribution in [1.82, 2.24) is 0 Å². The lowest BCUT2D eigenvalue weighted by Gasteiger charge is -2.22. The normalized spacial score (nSPS) is 19.1. The minimum atomic E-state index is -0.0250. The lowest BCUT2D eigenvalue weighted by molar-refractivity contribution is -0.142. The second kappa shape index (κ2) is 6.86. The maximum Gasteiger partial charge on any atom is 0.305 e.